The predicted molar refractivity (Wildman–Crippen MR) is 135 cm³/mol. The van der Waals surface area contributed by atoms with E-state index in [4.69, 9.17) is 23.2 Å². The number of carbonyl (C=O) groups excluding carboxylic acids is 2. The van der Waals surface area contributed by atoms with Crippen LogP contribution in [0.15, 0.2) is 76.1 Å². The number of nitrogens with zero attached hydrogens (tertiary/aromatic N) is 1. The molecule has 0 atom stereocenters. The molecule has 0 bridgehead atoms. The molecule has 0 aliphatic heterocycles. The zero-order chi connectivity index (χ0) is 24.9. The standard InChI is InChI=1S/C23H19BrCl2N2O5S/c1-33-23(30)16-3-7-18(8-4-16)27-22(29)14-28(13-15-2-11-20(25)21(26)12-15)34(31,32)19-9-5-17(24)6-10-19/h2-12H,13-14H2,1H3,(H,27,29). The molecule has 0 aliphatic carbocycles. The Morgan fingerprint density at radius 3 is 2.21 bits per heavy atom. The van der Waals surface area contributed by atoms with Gasteiger partial charge in [0.15, 0.2) is 0 Å². The van der Waals surface area contributed by atoms with Crippen molar-refractivity contribution >= 4 is 66.7 Å². The van der Waals surface area contributed by atoms with Crippen molar-refractivity contribution in [3.8, 4) is 0 Å². The predicted octanol–water partition coefficient (Wildman–Crippen LogP) is 5.37. The minimum absolute atomic E-state index is 0.0333. The summed E-state index contributed by atoms with van der Waals surface area (Å²) in [5.74, 6) is -1.07. The van der Waals surface area contributed by atoms with E-state index in [-0.39, 0.29) is 16.5 Å². The van der Waals surface area contributed by atoms with Crippen LogP contribution in [0.2, 0.25) is 10.0 Å². The molecule has 1 N–H and O–H groups in total. The highest BCUT2D eigenvalue weighted by Gasteiger charge is 2.27. The molecular formula is C23H19BrCl2N2O5S. The largest absolute Gasteiger partial charge is 0.465 e. The number of hydrogen-bond acceptors (Lipinski definition) is 5. The molecule has 34 heavy (non-hydrogen) atoms. The van der Waals surface area contributed by atoms with Gasteiger partial charge in [-0.2, -0.15) is 4.31 Å². The second-order valence-corrected chi connectivity index (χ2v) is 10.8. The van der Waals surface area contributed by atoms with E-state index in [1.54, 1.807) is 30.3 Å². The highest BCUT2D eigenvalue weighted by Crippen LogP contribution is 2.26. The number of halogens is 3. The minimum atomic E-state index is -4.03. The first kappa shape index (κ1) is 26.2. The van der Waals surface area contributed by atoms with Crippen molar-refractivity contribution in [2.75, 3.05) is 19.0 Å². The normalized spacial score (nSPS) is 11.3. The zero-order valence-electron chi connectivity index (χ0n) is 17.8. The summed E-state index contributed by atoms with van der Waals surface area (Å²) < 4.78 is 33.1. The summed E-state index contributed by atoms with van der Waals surface area (Å²) in [5.41, 5.74) is 1.28. The summed E-state index contributed by atoms with van der Waals surface area (Å²) >= 11 is 15.3. The Balaban J connectivity index is 1.85. The van der Waals surface area contributed by atoms with Crippen LogP contribution in [-0.2, 0) is 26.1 Å². The Hall–Kier alpha value is -2.43. The van der Waals surface area contributed by atoms with Crippen molar-refractivity contribution in [2.45, 2.75) is 11.4 Å². The monoisotopic (exact) mass is 584 g/mol. The molecular weight excluding hydrogens is 567 g/mol. The van der Waals surface area contributed by atoms with E-state index in [0.29, 0.717) is 21.8 Å². The van der Waals surface area contributed by atoms with Crippen LogP contribution in [-0.4, -0.2) is 38.3 Å². The number of anilines is 1. The minimum Gasteiger partial charge on any atom is -0.465 e. The Kier molecular flexibility index (Phi) is 8.72. The average molecular weight is 586 g/mol. The van der Waals surface area contributed by atoms with E-state index < -0.39 is 28.4 Å². The van der Waals surface area contributed by atoms with Crippen LogP contribution in [0.25, 0.3) is 0 Å². The van der Waals surface area contributed by atoms with E-state index in [0.717, 1.165) is 8.78 Å². The molecule has 0 saturated carbocycles. The summed E-state index contributed by atoms with van der Waals surface area (Å²) in [6.07, 6.45) is 0. The van der Waals surface area contributed by atoms with E-state index in [2.05, 4.69) is 26.0 Å². The van der Waals surface area contributed by atoms with Gasteiger partial charge in [0.2, 0.25) is 15.9 Å². The van der Waals surface area contributed by atoms with Gasteiger partial charge in [-0.25, -0.2) is 13.2 Å². The molecule has 0 aromatic heterocycles. The van der Waals surface area contributed by atoms with Crippen LogP contribution < -0.4 is 5.32 Å². The molecule has 11 heteroatoms. The van der Waals surface area contributed by atoms with Crippen LogP contribution in [0.3, 0.4) is 0 Å². The van der Waals surface area contributed by atoms with Crippen molar-refractivity contribution in [2.24, 2.45) is 0 Å². The van der Waals surface area contributed by atoms with E-state index in [1.165, 1.54) is 43.5 Å². The summed E-state index contributed by atoms with van der Waals surface area (Å²) in [7, 11) is -2.76. The summed E-state index contributed by atoms with van der Waals surface area (Å²) in [4.78, 5) is 24.4. The topological polar surface area (TPSA) is 92.8 Å². The first-order valence-electron chi connectivity index (χ1n) is 9.78. The number of methoxy groups -OCH3 is 1. The number of esters is 1. The third kappa shape index (κ3) is 6.58. The summed E-state index contributed by atoms with van der Waals surface area (Å²) in [5, 5.41) is 3.25. The van der Waals surface area contributed by atoms with Gasteiger partial charge in [0.05, 0.1) is 34.2 Å². The van der Waals surface area contributed by atoms with E-state index >= 15 is 0 Å². The molecule has 0 aliphatic rings. The van der Waals surface area contributed by atoms with Crippen LogP contribution in [0, 0.1) is 0 Å². The number of sulfonamides is 1. The second kappa shape index (κ2) is 11.3. The highest BCUT2D eigenvalue weighted by atomic mass is 79.9. The van der Waals surface area contributed by atoms with Crippen molar-refractivity contribution in [3.05, 3.63) is 92.4 Å². The maximum atomic E-state index is 13.4. The molecule has 0 radical (unpaired) electrons. The lowest BCUT2D eigenvalue weighted by Crippen LogP contribution is -2.37. The molecule has 0 unspecified atom stereocenters. The second-order valence-electron chi connectivity index (χ2n) is 7.09. The summed E-state index contributed by atoms with van der Waals surface area (Å²) in [6, 6.07) is 16.9. The number of ether oxygens (including phenoxy) is 1. The SMILES string of the molecule is COC(=O)c1ccc(NC(=O)CN(Cc2ccc(Cl)c(Cl)c2)S(=O)(=O)c2ccc(Br)cc2)cc1. The Labute approximate surface area is 215 Å². The number of amides is 1. The zero-order valence-corrected chi connectivity index (χ0v) is 21.7. The molecule has 3 rings (SSSR count). The first-order chi connectivity index (χ1) is 16.1. The van der Waals surface area contributed by atoms with Crippen LogP contribution in [0.1, 0.15) is 15.9 Å². The van der Waals surface area contributed by atoms with Gasteiger partial charge in [0.25, 0.3) is 0 Å². The van der Waals surface area contributed by atoms with Crippen molar-refractivity contribution in [3.63, 3.8) is 0 Å². The average Bonchev–Trinajstić information content (AvgIpc) is 2.81. The van der Waals surface area contributed by atoms with E-state index in [1.807, 2.05) is 0 Å². The smallest absolute Gasteiger partial charge is 0.337 e. The van der Waals surface area contributed by atoms with Gasteiger partial charge in [-0.05, 0) is 66.2 Å². The molecule has 178 valence electrons. The van der Waals surface area contributed by atoms with Gasteiger partial charge in [-0.1, -0.05) is 45.2 Å². The lowest BCUT2D eigenvalue weighted by atomic mass is 10.2. The number of rotatable bonds is 8. The summed E-state index contributed by atoms with van der Waals surface area (Å²) in [6.45, 7) is -0.568. The Bertz CT molecular complexity index is 1300. The number of nitrogens with one attached hydrogen (secondary N) is 1. The Morgan fingerprint density at radius 1 is 0.971 bits per heavy atom. The van der Waals surface area contributed by atoms with Crippen molar-refractivity contribution in [1.29, 1.82) is 0 Å². The van der Waals surface area contributed by atoms with Crippen LogP contribution in [0.5, 0.6) is 0 Å². The molecule has 3 aromatic rings. The van der Waals surface area contributed by atoms with E-state index in [9.17, 15) is 18.0 Å². The van der Waals surface area contributed by atoms with Crippen molar-refractivity contribution in [1.82, 2.24) is 4.31 Å². The van der Waals surface area contributed by atoms with Gasteiger partial charge >= 0.3 is 5.97 Å². The quantitative estimate of drug-likeness (QED) is 0.359. The molecule has 0 saturated heterocycles. The van der Waals surface area contributed by atoms with Crippen LogP contribution >= 0.6 is 39.1 Å². The maximum absolute atomic E-state index is 13.4. The number of hydrogen-bond donors (Lipinski definition) is 1. The van der Waals surface area contributed by atoms with Gasteiger partial charge < -0.3 is 10.1 Å². The van der Waals surface area contributed by atoms with Crippen molar-refractivity contribution < 1.29 is 22.7 Å². The highest BCUT2D eigenvalue weighted by molar-refractivity contribution is 9.10. The third-order valence-electron chi connectivity index (χ3n) is 4.70. The number of carbonyl (C=O) groups is 2. The van der Waals surface area contributed by atoms with Gasteiger partial charge in [0, 0.05) is 16.7 Å². The van der Waals surface area contributed by atoms with Crippen LogP contribution in [0.4, 0.5) is 5.69 Å². The first-order valence-corrected chi connectivity index (χ1v) is 12.8. The Morgan fingerprint density at radius 2 is 1.62 bits per heavy atom. The molecule has 3 aromatic carbocycles. The molecule has 0 spiro atoms. The number of benzene rings is 3. The molecule has 0 fully saturated rings. The maximum Gasteiger partial charge on any atom is 0.337 e. The fourth-order valence-electron chi connectivity index (χ4n) is 2.99. The lowest BCUT2D eigenvalue weighted by molar-refractivity contribution is -0.116. The fraction of sp³-hybridized carbons (Fsp3) is 0.130. The lowest BCUT2D eigenvalue weighted by Gasteiger charge is -2.22. The fourth-order valence-corrected chi connectivity index (χ4v) is 4.96. The van der Waals surface area contributed by atoms with Gasteiger partial charge in [-0.15, -0.1) is 0 Å². The van der Waals surface area contributed by atoms with Gasteiger partial charge in [0.1, 0.15) is 0 Å². The third-order valence-corrected chi connectivity index (χ3v) is 7.78. The molecule has 7 nitrogen and oxygen atoms in total. The molecule has 1 amide bonds. The molecule has 0 heterocycles. The van der Waals surface area contributed by atoms with Gasteiger partial charge in [-0.3, -0.25) is 4.79 Å².